The maximum Gasteiger partial charge on any atom is 0.269 e. The zero-order valence-electron chi connectivity index (χ0n) is 9.83. The van der Waals surface area contributed by atoms with Gasteiger partial charge in [0.05, 0.1) is 17.3 Å². The third kappa shape index (κ3) is 4.78. The lowest BCUT2D eigenvalue weighted by atomic mass is 10.2. The summed E-state index contributed by atoms with van der Waals surface area (Å²) in [5.41, 5.74) is 0.244. The van der Waals surface area contributed by atoms with Gasteiger partial charge in [-0.15, -0.1) is 0 Å². The average Bonchev–Trinajstić information content (AvgIpc) is 2.28. The Morgan fingerprint density at radius 1 is 1.44 bits per heavy atom. The van der Waals surface area contributed by atoms with E-state index in [1.54, 1.807) is 0 Å². The highest BCUT2D eigenvalue weighted by Crippen LogP contribution is 2.14. The minimum Gasteiger partial charge on any atom is -0.383 e. The van der Waals surface area contributed by atoms with Crippen molar-refractivity contribution in [3.8, 4) is 0 Å². The van der Waals surface area contributed by atoms with Gasteiger partial charge in [-0.3, -0.25) is 10.1 Å². The molecule has 0 aliphatic rings. The fourth-order valence-electron chi connectivity index (χ4n) is 1.33. The smallest absolute Gasteiger partial charge is 0.269 e. The van der Waals surface area contributed by atoms with Crippen LogP contribution in [0, 0.1) is 10.1 Å². The number of benzene rings is 1. The van der Waals surface area contributed by atoms with E-state index in [2.05, 4.69) is 4.72 Å². The molecule has 0 saturated carbocycles. The number of nitrogens with one attached hydrogen (secondary N) is 1. The van der Waals surface area contributed by atoms with Gasteiger partial charge in [0.15, 0.2) is 0 Å². The molecule has 7 nitrogen and oxygen atoms in total. The van der Waals surface area contributed by atoms with Gasteiger partial charge in [0, 0.05) is 25.8 Å². The first-order valence-electron chi connectivity index (χ1n) is 5.14. The monoisotopic (exact) mass is 274 g/mol. The van der Waals surface area contributed by atoms with Crippen LogP contribution in [0.5, 0.6) is 0 Å². The third-order valence-electron chi connectivity index (χ3n) is 2.11. The predicted octanol–water partition coefficient (Wildman–Crippen LogP) is 0.661. The molecule has 8 heteroatoms. The van der Waals surface area contributed by atoms with Crippen molar-refractivity contribution in [3.63, 3.8) is 0 Å². The quantitative estimate of drug-likeness (QED) is 0.447. The van der Waals surface area contributed by atoms with Gasteiger partial charge < -0.3 is 4.74 Å². The van der Waals surface area contributed by atoms with Crippen LogP contribution in [0.3, 0.4) is 0 Å². The van der Waals surface area contributed by atoms with Gasteiger partial charge in [-0.05, 0) is 5.56 Å². The second-order valence-corrected chi connectivity index (χ2v) is 5.38. The van der Waals surface area contributed by atoms with Crippen LogP contribution in [0.15, 0.2) is 24.3 Å². The number of sulfonamides is 1. The molecule has 0 fully saturated rings. The van der Waals surface area contributed by atoms with E-state index in [1.807, 2.05) is 0 Å². The summed E-state index contributed by atoms with van der Waals surface area (Å²) in [4.78, 5) is 9.99. The SMILES string of the molecule is COCCNS(=O)(=O)Cc1cccc([N+](=O)[O-])c1. The zero-order chi connectivity index (χ0) is 13.6. The summed E-state index contributed by atoms with van der Waals surface area (Å²) in [7, 11) is -2.03. The van der Waals surface area contributed by atoms with E-state index in [1.165, 1.54) is 31.4 Å². The van der Waals surface area contributed by atoms with Crippen LogP contribution in [-0.4, -0.2) is 33.6 Å². The Balaban J connectivity index is 2.72. The van der Waals surface area contributed by atoms with E-state index in [0.29, 0.717) is 5.56 Å². The van der Waals surface area contributed by atoms with Gasteiger partial charge >= 0.3 is 0 Å². The highest BCUT2D eigenvalue weighted by Gasteiger charge is 2.13. The molecule has 0 bridgehead atoms. The Bertz CT molecular complexity index is 515. The summed E-state index contributed by atoms with van der Waals surface area (Å²) in [6, 6.07) is 5.55. The summed E-state index contributed by atoms with van der Waals surface area (Å²) >= 11 is 0. The first-order chi connectivity index (χ1) is 8.44. The lowest BCUT2D eigenvalue weighted by Gasteiger charge is -2.06. The molecule has 0 aliphatic heterocycles. The van der Waals surface area contributed by atoms with Crippen molar-refractivity contribution >= 4 is 15.7 Å². The molecule has 0 aromatic heterocycles. The first kappa shape index (κ1) is 14.6. The van der Waals surface area contributed by atoms with Crippen LogP contribution < -0.4 is 4.72 Å². The normalized spacial score (nSPS) is 11.4. The molecule has 1 N–H and O–H groups in total. The molecule has 1 rings (SSSR count). The molecule has 18 heavy (non-hydrogen) atoms. The lowest BCUT2D eigenvalue weighted by molar-refractivity contribution is -0.384. The Morgan fingerprint density at radius 3 is 2.78 bits per heavy atom. The summed E-state index contributed by atoms with van der Waals surface area (Å²) in [5, 5.41) is 10.6. The number of hydrogen-bond donors (Lipinski definition) is 1. The first-order valence-corrected chi connectivity index (χ1v) is 6.79. The number of nitrogens with zero attached hydrogens (tertiary/aromatic N) is 1. The van der Waals surface area contributed by atoms with E-state index in [-0.39, 0.29) is 24.6 Å². The number of ether oxygens (including phenoxy) is 1. The van der Waals surface area contributed by atoms with Crippen LogP contribution in [0.2, 0.25) is 0 Å². The Hall–Kier alpha value is -1.51. The second-order valence-electron chi connectivity index (χ2n) is 3.57. The maximum absolute atomic E-state index is 11.6. The van der Waals surface area contributed by atoms with Crippen molar-refractivity contribution in [3.05, 3.63) is 39.9 Å². The Kier molecular flexibility index (Phi) is 5.20. The number of non-ortho nitro benzene ring substituents is 1. The van der Waals surface area contributed by atoms with E-state index < -0.39 is 14.9 Å². The lowest BCUT2D eigenvalue weighted by Crippen LogP contribution is -2.28. The average molecular weight is 274 g/mol. The Labute approximate surface area is 105 Å². The number of rotatable bonds is 7. The van der Waals surface area contributed by atoms with Gasteiger partial charge in [0.1, 0.15) is 0 Å². The van der Waals surface area contributed by atoms with Crippen molar-refractivity contribution in [1.82, 2.24) is 4.72 Å². The van der Waals surface area contributed by atoms with Crippen LogP contribution in [0.1, 0.15) is 5.56 Å². The second kappa shape index (κ2) is 6.43. The van der Waals surface area contributed by atoms with E-state index >= 15 is 0 Å². The van der Waals surface area contributed by atoms with Crippen LogP contribution >= 0.6 is 0 Å². The van der Waals surface area contributed by atoms with Gasteiger partial charge in [-0.2, -0.15) is 0 Å². The standard InChI is InChI=1S/C10H14N2O5S/c1-17-6-5-11-18(15,16)8-9-3-2-4-10(7-9)12(13)14/h2-4,7,11H,5-6,8H2,1H3. The molecule has 0 radical (unpaired) electrons. The van der Waals surface area contributed by atoms with Crippen LogP contribution in [0.25, 0.3) is 0 Å². The summed E-state index contributed by atoms with van der Waals surface area (Å²) in [6.07, 6.45) is 0. The molecule has 1 aromatic rings. The highest BCUT2D eigenvalue weighted by molar-refractivity contribution is 7.88. The fraction of sp³-hybridized carbons (Fsp3) is 0.400. The maximum atomic E-state index is 11.6. The van der Waals surface area contributed by atoms with Crippen molar-refractivity contribution in [2.24, 2.45) is 0 Å². The molecule has 0 unspecified atom stereocenters. The number of hydrogen-bond acceptors (Lipinski definition) is 5. The summed E-state index contributed by atoms with van der Waals surface area (Å²) in [6.45, 7) is 0.446. The van der Waals surface area contributed by atoms with Gasteiger partial charge in [-0.1, -0.05) is 12.1 Å². The summed E-state index contributed by atoms with van der Waals surface area (Å²) < 4.78 is 30.3. The van der Waals surface area contributed by atoms with E-state index in [0.717, 1.165) is 0 Å². The molecule has 0 spiro atoms. The zero-order valence-corrected chi connectivity index (χ0v) is 10.6. The minimum atomic E-state index is -3.50. The molecule has 0 aliphatic carbocycles. The van der Waals surface area contributed by atoms with Crippen molar-refractivity contribution in [2.45, 2.75) is 5.75 Å². The third-order valence-corrected chi connectivity index (χ3v) is 3.46. The molecule has 0 saturated heterocycles. The van der Waals surface area contributed by atoms with Crippen LogP contribution in [-0.2, 0) is 20.5 Å². The minimum absolute atomic E-state index is 0.125. The van der Waals surface area contributed by atoms with E-state index in [9.17, 15) is 18.5 Å². The van der Waals surface area contributed by atoms with Gasteiger partial charge in [0.25, 0.3) is 5.69 Å². The number of nitro groups is 1. The number of nitro benzene ring substituents is 1. The van der Waals surface area contributed by atoms with Crippen molar-refractivity contribution in [1.29, 1.82) is 0 Å². The summed E-state index contributed by atoms with van der Waals surface area (Å²) in [5.74, 6) is -0.293. The van der Waals surface area contributed by atoms with Gasteiger partial charge in [0.2, 0.25) is 10.0 Å². The molecule has 100 valence electrons. The fourth-order valence-corrected chi connectivity index (χ4v) is 2.44. The van der Waals surface area contributed by atoms with Crippen LogP contribution in [0.4, 0.5) is 5.69 Å². The molecule has 1 aromatic carbocycles. The highest BCUT2D eigenvalue weighted by atomic mass is 32.2. The molecule has 0 atom stereocenters. The number of methoxy groups -OCH3 is 1. The molecular weight excluding hydrogens is 260 g/mol. The Morgan fingerprint density at radius 2 is 2.17 bits per heavy atom. The largest absolute Gasteiger partial charge is 0.383 e. The van der Waals surface area contributed by atoms with Crippen molar-refractivity contribution in [2.75, 3.05) is 20.3 Å². The van der Waals surface area contributed by atoms with Crippen molar-refractivity contribution < 1.29 is 18.1 Å². The predicted molar refractivity (Wildman–Crippen MR) is 65.6 cm³/mol. The van der Waals surface area contributed by atoms with E-state index in [4.69, 9.17) is 4.74 Å². The van der Waals surface area contributed by atoms with Gasteiger partial charge in [-0.25, -0.2) is 13.1 Å². The molecule has 0 heterocycles. The molecule has 0 amide bonds. The molecular formula is C10H14N2O5S. The topological polar surface area (TPSA) is 98.5 Å².